The molecule has 0 spiro atoms. The van der Waals surface area contributed by atoms with Gasteiger partial charge in [-0.05, 0) is 55.2 Å². The first kappa shape index (κ1) is 20.5. The van der Waals surface area contributed by atoms with Crippen molar-refractivity contribution in [1.29, 1.82) is 0 Å². The van der Waals surface area contributed by atoms with Gasteiger partial charge in [-0.15, -0.1) is 0 Å². The molecule has 1 amide bonds. The number of hydrogen-bond acceptors (Lipinski definition) is 6. The van der Waals surface area contributed by atoms with Gasteiger partial charge in [0.05, 0.1) is 32.5 Å². The average Bonchev–Trinajstić information content (AvgIpc) is 2.83. The molecule has 2 aromatic rings. The van der Waals surface area contributed by atoms with Gasteiger partial charge in [0.25, 0.3) is 5.91 Å². The number of amides is 1. The molecule has 0 saturated carbocycles. The van der Waals surface area contributed by atoms with Gasteiger partial charge in [-0.2, -0.15) is 0 Å². The van der Waals surface area contributed by atoms with Crippen LogP contribution in [0.4, 0.5) is 5.82 Å². The van der Waals surface area contributed by atoms with Crippen molar-refractivity contribution >= 4 is 11.7 Å². The van der Waals surface area contributed by atoms with Crippen LogP contribution in [0, 0.1) is 5.92 Å². The quantitative estimate of drug-likeness (QED) is 0.728. The number of ether oxygens (including phenoxy) is 3. The van der Waals surface area contributed by atoms with Crippen molar-refractivity contribution in [1.82, 2.24) is 9.88 Å². The van der Waals surface area contributed by atoms with Crippen LogP contribution in [0.15, 0.2) is 42.6 Å². The smallest absolute Gasteiger partial charge is 0.255 e. The Labute approximate surface area is 177 Å². The molecule has 7 nitrogen and oxygen atoms in total. The molecule has 0 radical (unpaired) electrons. The molecule has 1 aromatic heterocycles. The second-order valence-corrected chi connectivity index (χ2v) is 7.73. The number of piperidine rings is 1. The van der Waals surface area contributed by atoms with Crippen molar-refractivity contribution < 1.29 is 19.0 Å². The summed E-state index contributed by atoms with van der Waals surface area (Å²) in [5, 5.41) is 0. The summed E-state index contributed by atoms with van der Waals surface area (Å²) in [6.45, 7) is 5.11. The van der Waals surface area contributed by atoms with E-state index in [9.17, 15) is 4.79 Å². The highest BCUT2D eigenvalue weighted by Crippen LogP contribution is 2.24. The molecule has 0 bridgehead atoms. The Hall–Kier alpha value is -2.80. The molecule has 2 saturated heterocycles. The SMILES string of the molecule is COc1ccc(OCC2CCN(c3ccc(C(=O)N4CCOCC4)cn3)CC2)cc1. The van der Waals surface area contributed by atoms with E-state index in [-0.39, 0.29) is 5.91 Å². The molecule has 0 aliphatic carbocycles. The van der Waals surface area contributed by atoms with Gasteiger partial charge >= 0.3 is 0 Å². The van der Waals surface area contributed by atoms with E-state index in [1.807, 2.05) is 41.3 Å². The Kier molecular flexibility index (Phi) is 6.69. The lowest BCUT2D eigenvalue weighted by Crippen LogP contribution is -2.40. The van der Waals surface area contributed by atoms with E-state index in [4.69, 9.17) is 14.2 Å². The summed E-state index contributed by atoms with van der Waals surface area (Å²) in [5.74, 6) is 3.21. The average molecular weight is 412 g/mol. The number of carbonyl (C=O) groups is 1. The third-order valence-electron chi connectivity index (χ3n) is 5.78. The molecule has 0 unspecified atom stereocenters. The summed E-state index contributed by atoms with van der Waals surface area (Å²) >= 11 is 0. The highest BCUT2D eigenvalue weighted by molar-refractivity contribution is 5.94. The van der Waals surface area contributed by atoms with Crippen LogP contribution in [0.5, 0.6) is 11.5 Å². The number of aromatic nitrogens is 1. The summed E-state index contributed by atoms with van der Waals surface area (Å²) in [4.78, 5) is 21.2. The van der Waals surface area contributed by atoms with Crippen molar-refractivity contribution in [2.24, 2.45) is 5.92 Å². The summed E-state index contributed by atoms with van der Waals surface area (Å²) in [6.07, 6.45) is 3.82. The van der Waals surface area contributed by atoms with Gasteiger partial charge in [-0.1, -0.05) is 0 Å². The van der Waals surface area contributed by atoms with Crippen LogP contribution >= 0.6 is 0 Å². The molecular formula is C23H29N3O4. The molecule has 4 rings (SSSR count). The molecule has 2 fully saturated rings. The van der Waals surface area contributed by atoms with Gasteiger partial charge in [0.2, 0.25) is 0 Å². The molecule has 1 aromatic carbocycles. The van der Waals surface area contributed by atoms with Crippen molar-refractivity contribution in [3.63, 3.8) is 0 Å². The zero-order valence-electron chi connectivity index (χ0n) is 17.5. The number of nitrogens with zero attached hydrogens (tertiary/aromatic N) is 3. The molecule has 160 valence electrons. The third-order valence-corrected chi connectivity index (χ3v) is 5.78. The van der Waals surface area contributed by atoms with Crippen LogP contribution in [0.3, 0.4) is 0 Å². The summed E-state index contributed by atoms with van der Waals surface area (Å²) in [6, 6.07) is 11.6. The molecule has 0 N–H and O–H groups in total. The first-order chi connectivity index (χ1) is 14.7. The fourth-order valence-electron chi connectivity index (χ4n) is 3.86. The van der Waals surface area contributed by atoms with E-state index in [0.717, 1.165) is 49.9 Å². The van der Waals surface area contributed by atoms with Gasteiger partial charge in [-0.25, -0.2) is 4.98 Å². The summed E-state index contributed by atoms with van der Waals surface area (Å²) < 4.78 is 16.4. The Morgan fingerprint density at radius 2 is 1.73 bits per heavy atom. The van der Waals surface area contributed by atoms with E-state index >= 15 is 0 Å². The lowest BCUT2D eigenvalue weighted by molar-refractivity contribution is 0.0302. The zero-order chi connectivity index (χ0) is 20.8. The number of hydrogen-bond donors (Lipinski definition) is 0. The third kappa shape index (κ3) is 5.02. The molecule has 2 aliphatic rings. The van der Waals surface area contributed by atoms with Crippen molar-refractivity contribution in [3.8, 4) is 11.5 Å². The largest absolute Gasteiger partial charge is 0.497 e. The minimum Gasteiger partial charge on any atom is -0.497 e. The van der Waals surface area contributed by atoms with Crippen LogP contribution in [0.2, 0.25) is 0 Å². The second kappa shape index (κ2) is 9.80. The highest BCUT2D eigenvalue weighted by Gasteiger charge is 2.22. The minimum atomic E-state index is 0.0340. The number of carbonyl (C=O) groups excluding carboxylic acids is 1. The number of rotatable bonds is 6. The molecule has 2 aliphatic heterocycles. The van der Waals surface area contributed by atoms with Crippen LogP contribution in [-0.4, -0.2) is 68.9 Å². The van der Waals surface area contributed by atoms with E-state index in [1.54, 1.807) is 13.3 Å². The van der Waals surface area contributed by atoms with Crippen molar-refractivity contribution in [2.45, 2.75) is 12.8 Å². The number of morpholine rings is 1. The van der Waals surface area contributed by atoms with E-state index in [0.29, 0.717) is 37.8 Å². The maximum Gasteiger partial charge on any atom is 0.255 e. The number of pyridine rings is 1. The Bertz CT molecular complexity index is 811. The molecule has 0 atom stereocenters. The van der Waals surface area contributed by atoms with Gasteiger partial charge in [-0.3, -0.25) is 4.79 Å². The Morgan fingerprint density at radius 3 is 2.37 bits per heavy atom. The van der Waals surface area contributed by atoms with Gasteiger partial charge < -0.3 is 24.0 Å². The van der Waals surface area contributed by atoms with Crippen LogP contribution in [-0.2, 0) is 4.74 Å². The standard InChI is InChI=1S/C23H29N3O4/c1-28-20-3-5-21(6-4-20)30-17-18-8-10-25(11-9-18)22-7-2-19(16-24-22)23(27)26-12-14-29-15-13-26/h2-7,16,18H,8-15,17H2,1H3. The second-order valence-electron chi connectivity index (χ2n) is 7.73. The van der Waals surface area contributed by atoms with E-state index in [2.05, 4.69) is 9.88 Å². The van der Waals surface area contributed by atoms with Gasteiger partial charge in [0, 0.05) is 32.4 Å². The normalized spacial score (nSPS) is 17.6. The number of anilines is 1. The Morgan fingerprint density at radius 1 is 1.03 bits per heavy atom. The first-order valence-electron chi connectivity index (χ1n) is 10.6. The summed E-state index contributed by atoms with van der Waals surface area (Å²) in [5.41, 5.74) is 0.642. The lowest BCUT2D eigenvalue weighted by atomic mass is 9.98. The molecule has 3 heterocycles. The van der Waals surface area contributed by atoms with Gasteiger partial charge in [0.1, 0.15) is 17.3 Å². The Balaban J connectivity index is 1.24. The zero-order valence-corrected chi connectivity index (χ0v) is 17.5. The monoisotopic (exact) mass is 411 g/mol. The molecular weight excluding hydrogens is 382 g/mol. The van der Waals surface area contributed by atoms with Crippen LogP contribution in [0.1, 0.15) is 23.2 Å². The number of methoxy groups -OCH3 is 1. The predicted molar refractivity (Wildman–Crippen MR) is 114 cm³/mol. The van der Waals surface area contributed by atoms with Crippen molar-refractivity contribution in [2.75, 3.05) is 58.0 Å². The fraction of sp³-hybridized carbons (Fsp3) is 0.478. The maximum absolute atomic E-state index is 12.6. The van der Waals surface area contributed by atoms with Gasteiger partial charge in [0.15, 0.2) is 0 Å². The number of benzene rings is 1. The predicted octanol–water partition coefficient (Wildman–Crippen LogP) is 2.86. The highest BCUT2D eigenvalue weighted by atomic mass is 16.5. The van der Waals surface area contributed by atoms with E-state index in [1.165, 1.54) is 0 Å². The lowest BCUT2D eigenvalue weighted by Gasteiger charge is -2.33. The first-order valence-corrected chi connectivity index (χ1v) is 10.6. The summed E-state index contributed by atoms with van der Waals surface area (Å²) in [7, 11) is 1.66. The van der Waals surface area contributed by atoms with E-state index < -0.39 is 0 Å². The minimum absolute atomic E-state index is 0.0340. The molecule has 30 heavy (non-hydrogen) atoms. The van der Waals surface area contributed by atoms with Crippen molar-refractivity contribution in [3.05, 3.63) is 48.2 Å². The molecule has 7 heteroatoms. The fourth-order valence-corrected chi connectivity index (χ4v) is 3.86. The van der Waals surface area contributed by atoms with Crippen LogP contribution in [0.25, 0.3) is 0 Å². The van der Waals surface area contributed by atoms with Crippen LogP contribution < -0.4 is 14.4 Å². The maximum atomic E-state index is 12.6. The topological polar surface area (TPSA) is 64.1 Å².